The van der Waals surface area contributed by atoms with Gasteiger partial charge in [0.25, 0.3) is 0 Å². The van der Waals surface area contributed by atoms with Gasteiger partial charge in [0.2, 0.25) is 0 Å². The summed E-state index contributed by atoms with van der Waals surface area (Å²) in [6, 6.07) is 9.47. The van der Waals surface area contributed by atoms with Gasteiger partial charge in [-0.3, -0.25) is 4.98 Å². The van der Waals surface area contributed by atoms with E-state index in [0.29, 0.717) is 28.7 Å². The fraction of sp³-hybridized carbons (Fsp3) is 0.429. The largest absolute Gasteiger partial charge is 0.444 e. The van der Waals surface area contributed by atoms with Crippen molar-refractivity contribution < 1.29 is 9.53 Å². The molecule has 4 rings (SSSR count). The summed E-state index contributed by atoms with van der Waals surface area (Å²) in [5, 5.41) is 13.0. The van der Waals surface area contributed by atoms with Crippen LogP contribution in [-0.4, -0.2) is 62.7 Å². The number of anilines is 3. The van der Waals surface area contributed by atoms with Gasteiger partial charge >= 0.3 is 6.09 Å². The van der Waals surface area contributed by atoms with E-state index in [9.17, 15) is 10.1 Å². The van der Waals surface area contributed by atoms with E-state index in [1.807, 2.05) is 40.0 Å². The number of rotatable bonds is 6. The van der Waals surface area contributed by atoms with E-state index in [4.69, 9.17) is 9.72 Å². The Morgan fingerprint density at radius 2 is 1.82 bits per heavy atom. The third-order valence-corrected chi connectivity index (χ3v) is 6.56. The van der Waals surface area contributed by atoms with Crippen LogP contribution in [0.1, 0.15) is 52.0 Å². The van der Waals surface area contributed by atoms with Gasteiger partial charge < -0.3 is 19.9 Å². The average Bonchev–Trinajstić information content (AvgIpc) is 2.92. The topological polar surface area (TPSA) is 120 Å². The van der Waals surface area contributed by atoms with Crippen molar-refractivity contribution in [2.45, 2.75) is 64.1 Å². The quantitative estimate of drug-likeness (QED) is 0.475. The fourth-order valence-corrected chi connectivity index (χ4v) is 4.68. The zero-order chi connectivity index (χ0) is 27.3. The first-order chi connectivity index (χ1) is 18.2. The third-order valence-electron chi connectivity index (χ3n) is 6.56. The Bertz CT molecular complexity index is 1300. The second kappa shape index (κ2) is 11.4. The number of nitrogens with one attached hydrogen (secondary N) is 1. The maximum atomic E-state index is 12.8. The molecule has 10 heteroatoms. The van der Waals surface area contributed by atoms with Crippen LogP contribution < -0.4 is 10.2 Å². The van der Waals surface area contributed by atoms with Gasteiger partial charge in [0, 0.05) is 38.2 Å². The van der Waals surface area contributed by atoms with E-state index in [0.717, 1.165) is 31.2 Å². The summed E-state index contributed by atoms with van der Waals surface area (Å²) in [5.74, 6) is 1.69. The molecule has 198 valence electrons. The number of ether oxygens (including phenoxy) is 1. The van der Waals surface area contributed by atoms with E-state index in [1.165, 1.54) is 0 Å². The number of nitrogens with zero attached hydrogens (tertiary/aromatic N) is 7. The molecule has 1 amide bonds. The molecule has 1 fully saturated rings. The van der Waals surface area contributed by atoms with Crippen molar-refractivity contribution in [2.24, 2.45) is 0 Å². The van der Waals surface area contributed by atoms with Crippen LogP contribution in [0.3, 0.4) is 0 Å². The number of hydrogen-bond donors (Lipinski definition) is 1. The number of carbonyl (C=O) groups is 1. The monoisotopic (exact) mass is 514 g/mol. The summed E-state index contributed by atoms with van der Waals surface area (Å²) in [4.78, 5) is 34.3. The minimum atomic E-state index is -0.560. The SMILES string of the molecule is CN(C(=O)OC(C)(C)C)[C@H]1CCCC[C@H]1N(C)c1ccc(C#N)c(Nc2cncc(-c3ncccn3)c2)n1. The maximum absolute atomic E-state index is 12.8. The van der Waals surface area contributed by atoms with Crippen LogP contribution in [0.15, 0.2) is 49.1 Å². The van der Waals surface area contributed by atoms with Crippen LogP contribution in [-0.2, 0) is 4.74 Å². The minimum Gasteiger partial charge on any atom is -0.444 e. The second-order valence-corrected chi connectivity index (χ2v) is 10.5. The summed E-state index contributed by atoms with van der Waals surface area (Å²) >= 11 is 0. The Hall–Kier alpha value is -4.26. The summed E-state index contributed by atoms with van der Waals surface area (Å²) in [5.41, 5.74) is 1.27. The van der Waals surface area contributed by atoms with Crippen molar-refractivity contribution in [1.82, 2.24) is 24.8 Å². The summed E-state index contributed by atoms with van der Waals surface area (Å²) in [6.45, 7) is 5.61. The average molecular weight is 515 g/mol. The Labute approximate surface area is 223 Å². The van der Waals surface area contributed by atoms with Crippen molar-refractivity contribution in [1.29, 1.82) is 5.26 Å². The molecule has 0 radical (unpaired) electrons. The van der Waals surface area contributed by atoms with Crippen molar-refractivity contribution in [3.05, 3.63) is 54.6 Å². The Kier molecular flexibility index (Phi) is 8.05. The van der Waals surface area contributed by atoms with E-state index >= 15 is 0 Å². The maximum Gasteiger partial charge on any atom is 0.410 e. The van der Waals surface area contributed by atoms with Gasteiger partial charge in [0.05, 0.1) is 29.5 Å². The highest BCUT2D eigenvalue weighted by Crippen LogP contribution is 2.31. The standard InChI is InChI=1S/C28H34N8O2/c1-28(2,3)38-27(37)36(5)23-10-7-6-9-22(23)35(4)24-12-11-19(16-29)26(34-24)33-21-15-20(17-30-18-21)25-31-13-8-14-32-25/h8,11-15,17-18,22-23H,6-7,9-10H2,1-5H3,(H,33,34)/t22-,23+/m1/s1. The van der Waals surface area contributed by atoms with E-state index in [-0.39, 0.29) is 18.2 Å². The van der Waals surface area contributed by atoms with Crippen LogP contribution in [0.2, 0.25) is 0 Å². The predicted molar refractivity (Wildman–Crippen MR) is 146 cm³/mol. The highest BCUT2D eigenvalue weighted by Gasteiger charge is 2.35. The lowest BCUT2D eigenvalue weighted by atomic mass is 9.88. The molecular weight excluding hydrogens is 480 g/mol. The lowest BCUT2D eigenvalue weighted by molar-refractivity contribution is 0.0165. The van der Waals surface area contributed by atoms with Gasteiger partial charge in [-0.05, 0) is 57.9 Å². The smallest absolute Gasteiger partial charge is 0.410 e. The van der Waals surface area contributed by atoms with E-state index < -0.39 is 5.60 Å². The van der Waals surface area contributed by atoms with Gasteiger partial charge in [0.15, 0.2) is 11.6 Å². The molecule has 3 aromatic rings. The Morgan fingerprint density at radius 1 is 1.11 bits per heavy atom. The first kappa shape index (κ1) is 26.8. The summed E-state index contributed by atoms with van der Waals surface area (Å²) in [6.07, 6.45) is 10.3. The normalized spacial score (nSPS) is 17.3. The van der Waals surface area contributed by atoms with Crippen LogP contribution in [0.5, 0.6) is 0 Å². The third kappa shape index (κ3) is 6.35. The van der Waals surface area contributed by atoms with E-state index in [2.05, 4.69) is 31.2 Å². The van der Waals surface area contributed by atoms with Crippen LogP contribution in [0, 0.1) is 11.3 Å². The number of nitriles is 1. The molecule has 0 spiro atoms. The zero-order valence-corrected chi connectivity index (χ0v) is 22.5. The highest BCUT2D eigenvalue weighted by molar-refractivity contribution is 5.69. The van der Waals surface area contributed by atoms with Crippen molar-refractivity contribution in [2.75, 3.05) is 24.3 Å². The highest BCUT2D eigenvalue weighted by atomic mass is 16.6. The molecule has 1 saturated carbocycles. The molecule has 0 saturated heterocycles. The van der Waals surface area contributed by atoms with Crippen LogP contribution in [0.25, 0.3) is 11.4 Å². The molecule has 0 aliphatic heterocycles. The molecule has 1 aliphatic rings. The lowest BCUT2D eigenvalue weighted by Crippen LogP contribution is -2.54. The van der Waals surface area contributed by atoms with Gasteiger partial charge in [-0.25, -0.2) is 19.7 Å². The lowest BCUT2D eigenvalue weighted by Gasteiger charge is -2.43. The Balaban J connectivity index is 1.58. The van der Waals surface area contributed by atoms with E-state index in [1.54, 1.807) is 48.9 Å². The number of likely N-dealkylation sites (N-methyl/N-ethyl adjacent to an activating group) is 2. The molecule has 2 atom stereocenters. The molecule has 38 heavy (non-hydrogen) atoms. The molecular formula is C28H34N8O2. The zero-order valence-electron chi connectivity index (χ0n) is 22.5. The Morgan fingerprint density at radius 3 is 2.50 bits per heavy atom. The molecule has 3 heterocycles. The van der Waals surface area contributed by atoms with Crippen molar-refractivity contribution in [3.8, 4) is 17.5 Å². The predicted octanol–water partition coefficient (Wildman–Crippen LogP) is 5.16. The van der Waals surface area contributed by atoms with Gasteiger partial charge in [-0.15, -0.1) is 0 Å². The van der Waals surface area contributed by atoms with Crippen molar-refractivity contribution in [3.63, 3.8) is 0 Å². The first-order valence-corrected chi connectivity index (χ1v) is 12.8. The molecule has 1 aliphatic carbocycles. The number of hydrogen-bond acceptors (Lipinski definition) is 9. The number of carbonyl (C=O) groups excluding carboxylic acids is 1. The molecule has 0 aromatic carbocycles. The molecule has 1 N–H and O–H groups in total. The van der Waals surface area contributed by atoms with Gasteiger partial charge in [-0.2, -0.15) is 5.26 Å². The van der Waals surface area contributed by atoms with Gasteiger partial charge in [-0.1, -0.05) is 12.8 Å². The summed E-state index contributed by atoms with van der Waals surface area (Å²) < 4.78 is 5.64. The minimum absolute atomic E-state index is 0.0239. The second-order valence-electron chi connectivity index (χ2n) is 10.5. The molecule has 0 unspecified atom stereocenters. The fourth-order valence-electron chi connectivity index (χ4n) is 4.68. The van der Waals surface area contributed by atoms with Crippen molar-refractivity contribution >= 4 is 23.4 Å². The number of amides is 1. The summed E-state index contributed by atoms with van der Waals surface area (Å²) in [7, 11) is 3.79. The molecule has 0 bridgehead atoms. The first-order valence-electron chi connectivity index (χ1n) is 12.8. The number of aromatic nitrogens is 4. The number of pyridine rings is 2. The van der Waals surface area contributed by atoms with Crippen LogP contribution in [0.4, 0.5) is 22.1 Å². The van der Waals surface area contributed by atoms with Gasteiger partial charge in [0.1, 0.15) is 17.5 Å². The molecule has 3 aromatic heterocycles. The molecule has 10 nitrogen and oxygen atoms in total. The van der Waals surface area contributed by atoms with Crippen LogP contribution >= 0.6 is 0 Å².